The summed E-state index contributed by atoms with van der Waals surface area (Å²) >= 11 is 0. The molecule has 1 saturated heterocycles. The maximum Gasteiger partial charge on any atom is 0.416 e. The van der Waals surface area contributed by atoms with Crippen molar-refractivity contribution >= 4 is 5.96 Å². The first kappa shape index (κ1) is 21.7. The van der Waals surface area contributed by atoms with Crippen molar-refractivity contribution in [2.75, 3.05) is 19.6 Å². The fourth-order valence-corrected chi connectivity index (χ4v) is 3.97. The Balaban J connectivity index is 1.37. The van der Waals surface area contributed by atoms with E-state index in [1.54, 1.807) is 12.3 Å². The monoisotopic (exact) mass is 434 g/mol. The number of likely N-dealkylation sites (tertiary alicyclic amines) is 1. The molecule has 2 fully saturated rings. The van der Waals surface area contributed by atoms with Crippen LogP contribution in [-0.4, -0.2) is 42.6 Å². The zero-order chi connectivity index (χ0) is 21.7. The first-order valence-corrected chi connectivity index (χ1v) is 10.9. The third-order valence-electron chi connectivity index (χ3n) is 5.85. The fraction of sp³-hybridized carbons (Fsp3) is 0.522. The van der Waals surface area contributed by atoms with Gasteiger partial charge in [-0.15, -0.1) is 0 Å². The molecule has 2 N–H and O–H groups in total. The van der Waals surface area contributed by atoms with Crippen molar-refractivity contribution in [2.24, 2.45) is 4.99 Å². The first-order valence-electron chi connectivity index (χ1n) is 10.9. The lowest BCUT2D eigenvalue weighted by Gasteiger charge is -2.33. The maximum atomic E-state index is 13.0. The summed E-state index contributed by atoms with van der Waals surface area (Å²) in [6.45, 7) is 2.97. The van der Waals surface area contributed by atoms with E-state index in [2.05, 4.69) is 20.5 Å². The van der Waals surface area contributed by atoms with Gasteiger partial charge in [-0.2, -0.15) is 13.2 Å². The van der Waals surface area contributed by atoms with Crippen LogP contribution in [0.2, 0.25) is 0 Å². The average molecular weight is 435 g/mol. The molecule has 1 aliphatic carbocycles. The van der Waals surface area contributed by atoms with Crippen LogP contribution in [0.3, 0.4) is 0 Å². The van der Waals surface area contributed by atoms with Gasteiger partial charge in [0.05, 0.1) is 18.4 Å². The summed E-state index contributed by atoms with van der Waals surface area (Å²) in [5, 5.41) is 6.80. The number of halogens is 3. The number of piperidine rings is 1. The number of alkyl halides is 3. The van der Waals surface area contributed by atoms with Crippen molar-refractivity contribution in [1.29, 1.82) is 0 Å². The van der Waals surface area contributed by atoms with Gasteiger partial charge in [0.1, 0.15) is 5.76 Å². The Morgan fingerprint density at radius 3 is 2.58 bits per heavy atom. The topological polar surface area (TPSA) is 52.8 Å². The highest BCUT2D eigenvalue weighted by Gasteiger charge is 2.32. The van der Waals surface area contributed by atoms with Gasteiger partial charge in [-0.05, 0) is 55.5 Å². The Hall–Kier alpha value is -2.48. The van der Waals surface area contributed by atoms with Gasteiger partial charge in [0.2, 0.25) is 0 Å². The Kier molecular flexibility index (Phi) is 6.85. The van der Waals surface area contributed by atoms with Gasteiger partial charge in [0.25, 0.3) is 0 Å². The molecule has 168 valence electrons. The SMILES string of the molecule is FC(F)(F)c1cccc(CN=C(NCCc2ccco2)NC2CCN(C3CC3)CC2)c1. The second-order valence-electron chi connectivity index (χ2n) is 8.30. The van der Waals surface area contributed by atoms with E-state index < -0.39 is 11.7 Å². The van der Waals surface area contributed by atoms with Gasteiger partial charge in [-0.1, -0.05) is 12.1 Å². The van der Waals surface area contributed by atoms with E-state index in [1.807, 2.05) is 12.1 Å². The third-order valence-corrected chi connectivity index (χ3v) is 5.85. The van der Waals surface area contributed by atoms with Crippen LogP contribution >= 0.6 is 0 Å². The number of hydrogen-bond donors (Lipinski definition) is 2. The normalized spacial score (nSPS) is 18.9. The molecule has 1 aromatic carbocycles. The van der Waals surface area contributed by atoms with Crippen LogP contribution in [0.25, 0.3) is 0 Å². The van der Waals surface area contributed by atoms with Crippen molar-refractivity contribution in [2.45, 2.75) is 56.9 Å². The zero-order valence-corrected chi connectivity index (χ0v) is 17.5. The summed E-state index contributed by atoms with van der Waals surface area (Å²) in [5.41, 5.74) is -0.113. The molecule has 5 nitrogen and oxygen atoms in total. The van der Waals surface area contributed by atoms with Crippen molar-refractivity contribution in [3.63, 3.8) is 0 Å². The van der Waals surface area contributed by atoms with Crippen LogP contribution in [0.4, 0.5) is 13.2 Å². The Bertz CT molecular complexity index is 854. The molecule has 31 heavy (non-hydrogen) atoms. The summed E-state index contributed by atoms with van der Waals surface area (Å²) in [7, 11) is 0. The molecular weight excluding hydrogens is 405 g/mol. The molecule has 2 aromatic rings. The Morgan fingerprint density at radius 1 is 1.10 bits per heavy atom. The summed E-state index contributed by atoms with van der Waals surface area (Å²) in [6.07, 6.45) is 2.71. The molecule has 4 rings (SSSR count). The quantitative estimate of drug-likeness (QED) is 0.507. The number of nitrogens with one attached hydrogen (secondary N) is 2. The van der Waals surface area contributed by atoms with Gasteiger partial charge in [0.15, 0.2) is 5.96 Å². The lowest BCUT2D eigenvalue weighted by Crippen LogP contribution is -2.49. The summed E-state index contributed by atoms with van der Waals surface area (Å²) in [4.78, 5) is 7.14. The second kappa shape index (κ2) is 9.77. The standard InChI is InChI=1S/C23H29F3N4O/c24-23(25,26)18-4-1-3-17(15-18)16-28-22(27-11-8-21-5-2-14-31-21)29-19-9-12-30(13-10-19)20-6-7-20/h1-5,14-15,19-20H,6-13,16H2,(H2,27,28,29). The number of furan rings is 1. The van der Waals surface area contributed by atoms with E-state index in [1.165, 1.54) is 18.9 Å². The lowest BCUT2D eigenvalue weighted by atomic mass is 10.1. The molecule has 2 aliphatic rings. The van der Waals surface area contributed by atoms with Gasteiger partial charge in [-0.3, -0.25) is 0 Å². The van der Waals surface area contributed by atoms with Gasteiger partial charge < -0.3 is 20.0 Å². The van der Waals surface area contributed by atoms with E-state index in [-0.39, 0.29) is 6.54 Å². The highest BCUT2D eigenvalue weighted by molar-refractivity contribution is 5.80. The molecule has 1 saturated carbocycles. The van der Waals surface area contributed by atoms with Crippen LogP contribution in [-0.2, 0) is 19.1 Å². The van der Waals surface area contributed by atoms with Crippen LogP contribution in [0.1, 0.15) is 42.6 Å². The minimum absolute atomic E-state index is 0.181. The van der Waals surface area contributed by atoms with E-state index in [9.17, 15) is 13.2 Å². The van der Waals surface area contributed by atoms with Gasteiger partial charge in [-0.25, -0.2) is 4.99 Å². The molecule has 0 bridgehead atoms. The molecule has 0 spiro atoms. The molecule has 8 heteroatoms. The van der Waals surface area contributed by atoms with Crippen LogP contribution < -0.4 is 10.6 Å². The predicted octanol–water partition coefficient (Wildman–Crippen LogP) is 4.20. The molecule has 1 aliphatic heterocycles. The van der Waals surface area contributed by atoms with E-state index in [0.29, 0.717) is 30.5 Å². The highest BCUT2D eigenvalue weighted by Crippen LogP contribution is 2.30. The number of rotatable bonds is 7. The highest BCUT2D eigenvalue weighted by atomic mass is 19.4. The van der Waals surface area contributed by atoms with Crippen molar-refractivity contribution < 1.29 is 17.6 Å². The van der Waals surface area contributed by atoms with Crippen LogP contribution in [0.15, 0.2) is 52.1 Å². The minimum atomic E-state index is -4.35. The van der Waals surface area contributed by atoms with E-state index >= 15 is 0 Å². The Morgan fingerprint density at radius 2 is 1.90 bits per heavy atom. The summed E-state index contributed by atoms with van der Waals surface area (Å²) in [5.74, 6) is 1.51. The number of nitrogens with zero attached hydrogens (tertiary/aromatic N) is 2. The third kappa shape index (κ3) is 6.50. The molecule has 0 unspecified atom stereocenters. The van der Waals surface area contributed by atoms with Gasteiger partial charge in [0, 0.05) is 38.1 Å². The fourth-order valence-electron chi connectivity index (χ4n) is 3.97. The van der Waals surface area contributed by atoms with Crippen LogP contribution in [0, 0.1) is 0 Å². The van der Waals surface area contributed by atoms with Crippen LogP contribution in [0.5, 0.6) is 0 Å². The van der Waals surface area contributed by atoms with Crippen molar-refractivity contribution in [3.8, 4) is 0 Å². The smallest absolute Gasteiger partial charge is 0.416 e. The number of benzene rings is 1. The molecule has 0 radical (unpaired) electrons. The lowest BCUT2D eigenvalue weighted by molar-refractivity contribution is -0.137. The van der Waals surface area contributed by atoms with Gasteiger partial charge >= 0.3 is 6.18 Å². The summed E-state index contributed by atoms with van der Waals surface area (Å²) < 4.78 is 44.4. The number of aliphatic imine (C=N–C) groups is 1. The zero-order valence-electron chi connectivity index (χ0n) is 17.5. The molecule has 0 atom stereocenters. The van der Waals surface area contributed by atoms with E-state index in [4.69, 9.17) is 4.42 Å². The van der Waals surface area contributed by atoms with Crippen molar-refractivity contribution in [3.05, 3.63) is 59.5 Å². The maximum absolute atomic E-state index is 13.0. The number of guanidine groups is 1. The molecule has 2 heterocycles. The number of hydrogen-bond acceptors (Lipinski definition) is 3. The minimum Gasteiger partial charge on any atom is -0.469 e. The first-order chi connectivity index (χ1) is 15.0. The van der Waals surface area contributed by atoms with E-state index in [0.717, 1.165) is 49.9 Å². The second-order valence-corrected chi connectivity index (χ2v) is 8.30. The largest absolute Gasteiger partial charge is 0.469 e. The predicted molar refractivity (Wildman–Crippen MR) is 114 cm³/mol. The molecular formula is C23H29F3N4O. The Labute approximate surface area is 180 Å². The molecule has 0 amide bonds. The molecule has 1 aromatic heterocycles. The summed E-state index contributed by atoms with van der Waals surface area (Å²) in [6, 6.07) is 10.2. The average Bonchev–Trinajstić information content (AvgIpc) is 3.48. The van der Waals surface area contributed by atoms with Crippen molar-refractivity contribution in [1.82, 2.24) is 15.5 Å².